The second-order valence-corrected chi connectivity index (χ2v) is 8.31. The van der Waals surface area contributed by atoms with E-state index in [0.717, 1.165) is 19.4 Å². The third-order valence-electron chi connectivity index (χ3n) is 5.87. The fraction of sp³-hybridized carbons (Fsp3) is 0.591. The molecule has 0 bridgehead atoms. The van der Waals surface area contributed by atoms with Gasteiger partial charge < -0.3 is 25.6 Å². The maximum absolute atomic E-state index is 13.1. The van der Waals surface area contributed by atoms with Crippen LogP contribution in [0.3, 0.4) is 0 Å². The topological polar surface area (TPSA) is 99.8 Å². The lowest BCUT2D eigenvalue weighted by Gasteiger charge is -2.30. The molecule has 3 N–H and O–H groups in total. The lowest BCUT2D eigenvalue weighted by molar-refractivity contribution is -0.139. The molecule has 0 aromatic heterocycles. The summed E-state index contributed by atoms with van der Waals surface area (Å²) in [5, 5.41) is 9.00. The average Bonchev–Trinajstić information content (AvgIpc) is 3.43. The van der Waals surface area contributed by atoms with Gasteiger partial charge in [0.1, 0.15) is 12.1 Å². The van der Waals surface area contributed by atoms with E-state index in [2.05, 4.69) is 20.7 Å². The number of benzene rings is 1. The van der Waals surface area contributed by atoms with E-state index >= 15 is 0 Å². The number of nitrogens with zero attached hydrogens (tertiary/aromatic N) is 1. The number of amides is 3. The van der Waals surface area contributed by atoms with Crippen molar-refractivity contribution in [1.82, 2.24) is 15.5 Å². The van der Waals surface area contributed by atoms with Gasteiger partial charge in [-0.05, 0) is 55.8 Å². The zero-order chi connectivity index (χ0) is 21.7. The highest BCUT2D eigenvalue weighted by Gasteiger charge is 2.38. The van der Waals surface area contributed by atoms with Crippen LogP contribution < -0.4 is 16.0 Å². The Balaban J connectivity index is 1.64. The second kappa shape index (κ2) is 9.93. The fourth-order valence-corrected chi connectivity index (χ4v) is 4.17. The SMILES string of the molecule is COC(=O)NC(C(=O)N1CCC[C@H]1C(=O)Nc1ccc([C@@H]2CCCN2)cc1)C(C)C. The standard InChI is InChI=1S/C22H32N4O4/c1-14(2)19(25-22(29)30-3)21(28)26-13-5-7-18(26)20(27)24-16-10-8-15(9-11-16)17-6-4-12-23-17/h8-11,14,17-19,23H,4-7,12-13H2,1-3H3,(H,24,27)(H,25,29)/t17-,18-,19?/m0/s1. The molecule has 1 aromatic rings. The van der Waals surface area contributed by atoms with Gasteiger partial charge in [0.15, 0.2) is 0 Å². The molecule has 8 heteroatoms. The van der Waals surface area contributed by atoms with Crippen molar-refractivity contribution in [3.8, 4) is 0 Å². The molecule has 8 nitrogen and oxygen atoms in total. The van der Waals surface area contributed by atoms with Crippen LogP contribution in [-0.2, 0) is 14.3 Å². The van der Waals surface area contributed by atoms with Gasteiger partial charge >= 0.3 is 6.09 Å². The molecule has 1 unspecified atom stereocenters. The first-order valence-corrected chi connectivity index (χ1v) is 10.7. The molecule has 0 radical (unpaired) electrons. The Morgan fingerprint density at radius 1 is 1.13 bits per heavy atom. The summed E-state index contributed by atoms with van der Waals surface area (Å²) in [6.07, 6.45) is 3.00. The van der Waals surface area contributed by atoms with E-state index in [9.17, 15) is 14.4 Å². The summed E-state index contributed by atoms with van der Waals surface area (Å²) >= 11 is 0. The number of likely N-dealkylation sites (tertiary alicyclic amines) is 1. The zero-order valence-electron chi connectivity index (χ0n) is 17.9. The number of hydrogen-bond donors (Lipinski definition) is 3. The minimum Gasteiger partial charge on any atom is -0.453 e. The van der Waals surface area contributed by atoms with Crippen LogP contribution in [0.15, 0.2) is 24.3 Å². The van der Waals surface area contributed by atoms with E-state index in [0.29, 0.717) is 24.7 Å². The van der Waals surface area contributed by atoms with Crippen LogP contribution >= 0.6 is 0 Å². The first kappa shape index (κ1) is 22.1. The van der Waals surface area contributed by atoms with Crippen molar-refractivity contribution in [2.24, 2.45) is 5.92 Å². The van der Waals surface area contributed by atoms with Gasteiger partial charge in [0.25, 0.3) is 0 Å². The molecule has 0 saturated carbocycles. The van der Waals surface area contributed by atoms with Crippen molar-refractivity contribution in [2.75, 3.05) is 25.5 Å². The predicted octanol–water partition coefficient (Wildman–Crippen LogP) is 2.42. The predicted molar refractivity (Wildman–Crippen MR) is 114 cm³/mol. The van der Waals surface area contributed by atoms with Gasteiger partial charge in [0.2, 0.25) is 11.8 Å². The van der Waals surface area contributed by atoms with Gasteiger partial charge in [0, 0.05) is 18.3 Å². The highest BCUT2D eigenvalue weighted by atomic mass is 16.5. The molecular weight excluding hydrogens is 384 g/mol. The Hall–Kier alpha value is -2.61. The Kier molecular flexibility index (Phi) is 7.31. The number of carbonyl (C=O) groups excluding carboxylic acids is 3. The molecule has 30 heavy (non-hydrogen) atoms. The minimum absolute atomic E-state index is 0.127. The number of nitrogens with one attached hydrogen (secondary N) is 3. The van der Waals surface area contributed by atoms with Gasteiger partial charge in [-0.3, -0.25) is 9.59 Å². The molecule has 164 valence electrons. The van der Waals surface area contributed by atoms with E-state index in [4.69, 9.17) is 0 Å². The van der Waals surface area contributed by atoms with Gasteiger partial charge in [-0.15, -0.1) is 0 Å². The molecule has 2 fully saturated rings. The van der Waals surface area contributed by atoms with E-state index in [1.807, 2.05) is 38.1 Å². The molecule has 1 aromatic carbocycles. The van der Waals surface area contributed by atoms with Crippen molar-refractivity contribution >= 4 is 23.6 Å². The summed E-state index contributed by atoms with van der Waals surface area (Å²) in [6, 6.07) is 6.98. The summed E-state index contributed by atoms with van der Waals surface area (Å²) in [4.78, 5) is 39.2. The molecule has 3 amide bonds. The molecule has 2 aliphatic heterocycles. The molecule has 0 spiro atoms. The van der Waals surface area contributed by atoms with Gasteiger partial charge in [-0.25, -0.2) is 4.79 Å². The molecule has 2 saturated heterocycles. The molecule has 3 atom stereocenters. The number of ether oxygens (including phenoxy) is 1. The summed E-state index contributed by atoms with van der Waals surface area (Å²) in [7, 11) is 1.26. The minimum atomic E-state index is -0.732. The second-order valence-electron chi connectivity index (χ2n) is 8.31. The Bertz CT molecular complexity index is 759. The summed E-state index contributed by atoms with van der Waals surface area (Å²) in [5.41, 5.74) is 1.94. The van der Waals surface area contributed by atoms with Crippen LogP contribution in [-0.4, -0.2) is 55.1 Å². The highest BCUT2D eigenvalue weighted by Crippen LogP contribution is 2.25. The first-order valence-electron chi connectivity index (χ1n) is 10.7. The lowest BCUT2D eigenvalue weighted by atomic mass is 10.0. The maximum Gasteiger partial charge on any atom is 0.407 e. The third-order valence-corrected chi connectivity index (χ3v) is 5.87. The van der Waals surface area contributed by atoms with Crippen molar-refractivity contribution < 1.29 is 19.1 Å². The number of anilines is 1. The maximum atomic E-state index is 13.1. The van der Waals surface area contributed by atoms with Crippen LogP contribution in [0.2, 0.25) is 0 Å². The van der Waals surface area contributed by atoms with Crippen LogP contribution in [0.5, 0.6) is 0 Å². The van der Waals surface area contributed by atoms with Crippen LogP contribution in [0.25, 0.3) is 0 Å². The lowest BCUT2D eigenvalue weighted by Crippen LogP contribution is -2.54. The van der Waals surface area contributed by atoms with E-state index < -0.39 is 18.2 Å². The summed E-state index contributed by atoms with van der Waals surface area (Å²) in [6.45, 7) is 5.24. The number of carbonyl (C=O) groups is 3. The average molecular weight is 417 g/mol. The van der Waals surface area contributed by atoms with Crippen LogP contribution in [0.4, 0.5) is 10.5 Å². The Morgan fingerprint density at radius 2 is 1.87 bits per heavy atom. The summed E-state index contributed by atoms with van der Waals surface area (Å²) in [5.74, 6) is -0.582. The van der Waals surface area contributed by atoms with Gasteiger partial charge in [-0.2, -0.15) is 0 Å². The van der Waals surface area contributed by atoms with Crippen molar-refractivity contribution in [1.29, 1.82) is 0 Å². The van der Waals surface area contributed by atoms with Gasteiger partial charge in [0.05, 0.1) is 7.11 Å². The van der Waals surface area contributed by atoms with Crippen molar-refractivity contribution in [2.45, 2.75) is 57.7 Å². The Labute approximate surface area is 177 Å². The normalized spacial score (nSPS) is 22.1. The smallest absolute Gasteiger partial charge is 0.407 e. The number of alkyl carbamates (subject to hydrolysis) is 1. The van der Waals surface area contributed by atoms with E-state index in [1.54, 1.807) is 4.90 Å². The summed E-state index contributed by atoms with van der Waals surface area (Å²) < 4.78 is 4.64. The first-order chi connectivity index (χ1) is 14.4. The molecular formula is C22H32N4O4. The van der Waals surface area contributed by atoms with E-state index in [1.165, 1.54) is 19.1 Å². The molecule has 2 heterocycles. The zero-order valence-corrected chi connectivity index (χ0v) is 17.9. The van der Waals surface area contributed by atoms with E-state index in [-0.39, 0.29) is 17.7 Å². The van der Waals surface area contributed by atoms with Gasteiger partial charge in [-0.1, -0.05) is 26.0 Å². The monoisotopic (exact) mass is 416 g/mol. The quantitative estimate of drug-likeness (QED) is 0.661. The largest absolute Gasteiger partial charge is 0.453 e. The Morgan fingerprint density at radius 3 is 2.47 bits per heavy atom. The third kappa shape index (κ3) is 5.11. The van der Waals surface area contributed by atoms with Crippen LogP contribution in [0.1, 0.15) is 51.1 Å². The molecule has 0 aliphatic carbocycles. The molecule has 2 aliphatic rings. The number of methoxy groups -OCH3 is 1. The molecule has 3 rings (SSSR count). The fourth-order valence-electron chi connectivity index (χ4n) is 4.17. The number of rotatable bonds is 6. The van der Waals surface area contributed by atoms with Crippen molar-refractivity contribution in [3.63, 3.8) is 0 Å². The number of hydrogen-bond acceptors (Lipinski definition) is 5. The van der Waals surface area contributed by atoms with Crippen molar-refractivity contribution in [3.05, 3.63) is 29.8 Å². The van der Waals surface area contributed by atoms with Crippen LogP contribution in [0, 0.1) is 5.92 Å². The highest BCUT2D eigenvalue weighted by molar-refractivity contribution is 5.98.